The standard InChI is InChI=1S/C27H34N2O7S/c1-9-35-23(31)20-16(2)19-21(30)29(27(6,7)24(32)36-26(3,4)5)25(33)28(22(19)37-20)15-18(34-8)17-13-11-10-12-14-17/h10-14,18H,9,15H2,1-8H3. The lowest BCUT2D eigenvalue weighted by molar-refractivity contribution is -0.164. The maximum atomic E-state index is 14.0. The second kappa shape index (κ2) is 10.6. The van der Waals surface area contributed by atoms with Crippen molar-refractivity contribution in [3.8, 4) is 0 Å². The predicted molar refractivity (Wildman–Crippen MR) is 142 cm³/mol. The SMILES string of the molecule is CCOC(=O)c1sc2c(c1C)c(=O)n(C(C)(C)C(=O)OC(C)(C)C)c(=O)n2CC(OC)c1ccccc1. The molecule has 1 atom stereocenters. The Morgan fingerprint density at radius 1 is 1.05 bits per heavy atom. The van der Waals surface area contributed by atoms with E-state index < -0.39 is 40.4 Å². The van der Waals surface area contributed by atoms with E-state index in [0.29, 0.717) is 10.4 Å². The van der Waals surface area contributed by atoms with E-state index >= 15 is 0 Å². The molecule has 0 radical (unpaired) electrons. The van der Waals surface area contributed by atoms with Gasteiger partial charge in [-0.3, -0.25) is 9.36 Å². The van der Waals surface area contributed by atoms with Crippen LogP contribution in [0.15, 0.2) is 39.9 Å². The summed E-state index contributed by atoms with van der Waals surface area (Å²) in [6.07, 6.45) is -0.536. The van der Waals surface area contributed by atoms with Gasteiger partial charge in [-0.1, -0.05) is 30.3 Å². The monoisotopic (exact) mass is 530 g/mol. The molecule has 2 heterocycles. The number of aryl methyl sites for hydroxylation is 1. The minimum Gasteiger partial charge on any atom is -0.462 e. The summed E-state index contributed by atoms with van der Waals surface area (Å²) in [4.78, 5) is 54.2. The topological polar surface area (TPSA) is 106 Å². The van der Waals surface area contributed by atoms with Crippen molar-refractivity contribution in [2.24, 2.45) is 0 Å². The molecule has 0 spiro atoms. The number of nitrogens with zero attached hydrogens (tertiary/aromatic N) is 2. The molecule has 1 aromatic carbocycles. The maximum absolute atomic E-state index is 14.0. The Bertz CT molecular complexity index is 1430. The number of carbonyl (C=O) groups is 2. The number of hydrogen-bond donors (Lipinski definition) is 0. The summed E-state index contributed by atoms with van der Waals surface area (Å²) in [5, 5.41) is 0.173. The largest absolute Gasteiger partial charge is 0.462 e. The van der Waals surface area contributed by atoms with Crippen molar-refractivity contribution >= 4 is 33.5 Å². The quantitative estimate of drug-likeness (QED) is 0.402. The van der Waals surface area contributed by atoms with Crippen molar-refractivity contribution in [3.05, 3.63) is 67.2 Å². The van der Waals surface area contributed by atoms with Crippen LogP contribution in [0.25, 0.3) is 10.2 Å². The van der Waals surface area contributed by atoms with Crippen LogP contribution in [0.1, 0.15) is 68.4 Å². The Morgan fingerprint density at radius 2 is 1.68 bits per heavy atom. The van der Waals surface area contributed by atoms with Gasteiger partial charge < -0.3 is 14.2 Å². The van der Waals surface area contributed by atoms with Gasteiger partial charge in [0.1, 0.15) is 27.0 Å². The van der Waals surface area contributed by atoms with Gasteiger partial charge in [0.25, 0.3) is 5.56 Å². The van der Waals surface area contributed by atoms with Gasteiger partial charge in [0.15, 0.2) is 0 Å². The number of carbonyl (C=O) groups excluding carboxylic acids is 2. The Hall–Kier alpha value is -3.24. The van der Waals surface area contributed by atoms with Gasteiger partial charge in [-0.15, -0.1) is 11.3 Å². The Labute approximate surface area is 219 Å². The van der Waals surface area contributed by atoms with Crippen LogP contribution < -0.4 is 11.2 Å². The van der Waals surface area contributed by atoms with Crippen molar-refractivity contribution < 1.29 is 23.8 Å². The maximum Gasteiger partial charge on any atom is 0.348 e. The van der Waals surface area contributed by atoms with Crippen LogP contribution in [0.3, 0.4) is 0 Å². The lowest BCUT2D eigenvalue weighted by atomic mass is 10.0. The van der Waals surface area contributed by atoms with E-state index in [2.05, 4.69) is 0 Å². The molecule has 0 saturated carbocycles. The van der Waals surface area contributed by atoms with Crippen molar-refractivity contribution in [2.75, 3.05) is 13.7 Å². The third kappa shape index (κ3) is 5.55. The molecule has 0 fully saturated rings. The van der Waals surface area contributed by atoms with Gasteiger partial charge in [0.2, 0.25) is 0 Å². The summed E-state index contributed by atoms with van der Waals surface area (Å²) in [6, 6.07) is 9.35. The van der Waals surface area contributed by atoms with E-state index in [1.165, 1.54) is 25.5 Å². The highest BCUT2D eigenvalue weighted by Crippen LogP contribution is 2.31. The summed E-state index contributed by atoms with van der Waals surface area (Å²) in [7, 11) is 1.53. The van der Waals surface area contributed by atoms with Gasteiger partial charge in [-0.25, -0.2) is 19.0 Å². The molecule has 0 aliphatic rings. The van der Waals surface area contributed by atoms with Crippen LogP contribution in [0.4, 0.5) is 0 Å². The zero-order valence-corrected chi connectivity index (χ0v) is 23.4. The fraction of sp³-hybridized carbons (Fsp3) is 0.481. The first kappa shape index (κ1) is 28.3. The molecule has 37 heavy (non-hydrogen) atoms. The third-order valence-electron chi connectivity index (χ3n) is 5.94. The third-order valence-corrected chi connectivity index (χ3v) is 7.23. The summed E-state index contributed by atoms with van der Waals surface area (Å²) < 4.78 is 18.8. The van der Waals surface area contributed by atoms with E-state index in [0.717, 1.165) is 21.5 Å². The highest BCUT2D eigenvalue weighted by Gasteiger charge is 2.39. The summed E-state index contributed by atoms with van der Waals surface area (Å²) in [5.41, 5.74) is -2.63. The first-order valence-corrected chi connectivity index (χ1v) is 12.8. The van der Waals surface area contributed by atoms with E-state index in [-0.39, 0.29) is 23.4 Å². The molecule has 10 heteroatoms. The lowest BCUT2D eigenvalue weighted by Crippen LogP contribution is -2.54. The lowest BCUT2D eigenvalue weighted by Gasteiger charge is -2.30. The molecule has 0 bridgehead atoms. The molecule has 3 rings (SSSR count). The highest BCUT2D eigenvalue weighted by molar-refractivity contribution is 7.20. The molecular weight excluding hydrogens is 496 g/mol. The molecule has 0 saturated heterocycles. The van der Waals surface area contributed by atoms with Crippen molar-refractivity contribution in [1.82, 2.24) is 9.13 Å². The summed E-state index contributed by atoms with van der Waals surface area (Å²) in [5.74, 6) is -1.31. The van der Waals surface area contributed by atoms with Crippen LogP contribution >= 0.6 is 11.3 Å². The van der Waals surface area contributed by atoms with E-state index in [4.69, 9.17) is 14.2 Å². The molecule has 3 aromatic rings. The van der Waals surface area contributed by atoms with E-state index in [9.17, 15) is 19.2 Å². The average Bonchev–Trinajstić information content (AvgIpc) is 3.16. The van der Waals surface area contributed by atoms with Gasteiger partial charge in [-0.2, -0.15) is 0 Å². The highest BCUT2D eigenvalue weighted by atomic mass is 32.1. The van der Waals surface area contributed by atoms with Crippen LogP contribution in [-0.2, 0) is 31.1 Å². The minimum absolute atomic E-state index is 0.0444. The predicted octanol–water partition coefficient (Wildman–Crippen LogP) is 4.17. The second-order valence-electron chi connectivity index (χ2n) is 10.2. The number of aromatic nitrogens is 2. The normalized spacial score (nSPS) is 13.0. The Morgan fingerprint density at radius 3 is 2.22 bits per heavy atom. The molecule has 9 nitrogen and oxygen atoms in total. The summed E-state index contributed by atoms with van der Waals surface area (Å²) >= 11 is 1.02. The zero-order chi connectivity index (χ0) is 27.7. The van der Waals surface area contributed by atoms with Gasteiger partial charge in [0, 0.05) is 7.11 Å². The average molecular weight is 531 g/mol. The van der Waals surface area contributed by atoms with Crippen LogP contribution in [0, 0.1) is 6.92 Å². The number of hydrogen-bond acceptors (Lipinski definition) is 8. The molecule has 0 aliphatic carbocycles. The van der Waals surface area contributed by atoms with Gasteiger partial charge in [-0.05, 0) is 59.6 Å². The van der Waals surface area contributed by atoms with Crippen molar-refractivity contribution in [2.45, 2.75) is 72.3 Å². The number of fused-ring (bicyclic) bond motifs is 1. The fourth-order valence-corrected chi connectivity index (χ4v) is 5.23. The molecule has 200 valence electrons. The number of ether oxygens (including phenoxy) is 3. The summed E-state index contributed by atoms with van der Waals surface area (Å²) in [6.45, 7) is 11.6. The van der Waals surface area contributed by atoms with Gasteiger partial charge in [0.05, 0.1) is 18.5 Å². The van der Waals surface area contributed by atoms with E-state index in [1.54, 1.807) is 34.6 Å². The number of esters is 2. The molecule has 2 aromatic heterocycles. The fourth-order valence-electron chi connectivity index (χ4n) is 4.04. The second-order valence-corrected chi connectivity index (χ2v) is 11.2. The molecule has 0 N–H and O–H groups in total. The first-order chi connectivity index (χ1) is 17.2. The molecule has 0 aliphatic heterocycles. The van der Waals surface area contributed by atoms with Crippen molar-refractivity contribution in [1.29, 1.82) is 0 Å². The smallest absolute Gasteiger partial charge is 0.348 e. The molecule has 1 unspecified atom stereocenters. The Kier molecular flexibility index (Phi) is 8.14. The zero-order valence-electron chi connectivity index (χ0n) is 22.5. The van der Waals surface area contributed by atoms with Gasteiger partial charge >= 0.3 is 17.6 Å². The Balaban J connectivity index is 2.36. The number of thiophene rings is 1. The van der Waals surface area contributed by atoms with Crippen LogP contribution in [-0.4, -0.2) is 40.4 Å². The minimum atomic E-state index is -1.63. The number of benzene rings is 1. The van der Waals surface area contributed by atoms with Crippen molar-refractivity contribution in [3.63, 3.8) is 0 Å². The number of rotatable bonds is 8. The molecule has 0 amide bonds. The first-order valence-electron chi connectivity index (χ1n) is 12.0. The van der Waals surface area contributed by atoms with E-state index in [1.807, 2.05) is 30.3 Å². The van der Waals surface area contributed by atoms with Crippen LogP contribution in [0.5, 0.6) is 0 Å². The molecular formula is C27H34N2O7S. The number of methoxy groups -OCH3 is 1. The van der Waals surface area contributed by atoms with Crippen LogP contribution in [0.2, 0.25) is 0 Å².